The summed E-state index contributed by atoms with van der Waals surface area (Å²) in [6, 6.07) is 0. The maximum atomic E-state index is 5.58. The lowest BCUT2D eigenvalue weighted by Crippen LogP contribution is -2.60. The van der Waals surface area contributed by atoms with Crippen molar-refractivity contribution >= 4 is 17.7 Å². The molecule has 1 unspecified atom stereocenters. The van der Waals surface area contributed by atoms with Crippen molar-refractivity contribution in [2.24, 2.45) is 10.4 Å². The van der Waals surface area contributed by atoms with E-state index in [9.17, 15) is 0 Å². The number of hydrogen-bond acceptors (Lipinski definition) is 4. The number of morpholine rings is 1. The lowest BCUT2D eigenvalue weighted by Gasteiger charge is -2.43. The van der Waals surface area contributed by atoms with Crippen LogP contribution < -0.4 is 5.32 Å². The van der Waals surface area contributed by atoms with Crippen molar-refractivity contribution in [1.82, 2.24) is 15.1 Å². The Morgan fingerprint density at radius 1 is 1.16 bits per heavy atom. The molecule has 0 aromatic heterocycles. The van der Waals surface area contributed by atoms with Crippen molar-refractivity contribution in [2.75, 3.05) is 64.5 Å². The van der Waals surface area contributed by atoms with Crippen LogP contribution in [0.25, 0.3) is 0 Å². The van der Waals surface area contributed by atoms with Gasteiger partial charge in [-0.1, -0.05) is 13.8 Å². The number of nitrogens with one attached hydrogen (secondary N) is 1. The molecule has 3 saturated heterocycles. The molecule has 0 saturated carbocycles. The SMILES string of the molecule is CCC1(CC)CCN(C(=NC)NCC2(N3CCOCC3)CCSC2)C1. The van der Waals surface area contributed by atoms with E-state index in [1.165, 1.54) is 37.2 Å². The molecule has 0 aliphatic carbocycles. The summed E-state index contributed by atoms with van der Waals surface area (Å²) in [7, 11) is 1.94. The third-order valence-corrected chi connectivity index (χ3v) is 8.02. The molecule has 1 N–H and O–H groups in total. The molecule has 3 heterocycles. The van der Waals surface area contributed by atoms with Gasteiger partial charge in [-0.15, -0.1) is 0 Å². The first-order chi connectivity index (χ1) is 12.2. The van der Waals surface area contributed by atoms with Crippen molar-refractivity contribution in [3.63, 3.8) is 0 Å². The predicted octanol–water partition coefficient (Wildman–Crippen LogP) is 2.28. The molecule has 5 nitrogen and oxygen atoms in total. The summed E-state index contributed by atoms with van der Waals surface area (Å²) < 4.78 is 5.58. The Kier molecular flexibility index (Phi) is 6.55. The Bertz CT molecular complexity index is 454. The average molecular weight is 369 g/mol. The number of nitrogens with zero attached hydrogens (tertiary/aromatic N) is 3. The quantitative estimate of drug-likeness (QED) is 0.595. The van der Waals surface area contributed by atoms with E-state index in [-0.39, 0.29) is 5.54 Å². The van der Waals surface area contributed by atoms with Crippen LogP contribution >= 0.6 is 11.8 Å². The fraction of sp³-hybridized carbons (Fsp3) is 0.947. The zero-order valence-electron chi connectivity index (χ0n) is 16.4. The monoisotopic (exact) mass is 368 g/mol. The molecular formula is C19H36N4OS. The van der Waals surface area contributed by atoms with Crippen LogP contribution in [-0.2, 0) is 4.74 Å². The third-order valence-electron chi connectivity index (χ3n) is 6.79. The van der Waals surface area contributed by atoms with Crippen LogP contribution in [0.5, 0.6) is 0 Å². The van der Waals surface area contributed by atoms with E-state index in [1.54, 1.807) is 0 Å². The second-order valence-corrected chi connectivity index (χ2v) is 9.01. The predicted molar refractivity (Wildman–Crippen MR) is 108 cm³/mol. The molecule has 0 amide bonds. The fourth-order valence-corrected chi connectivity index (χ4v) is 6.13. The fourth-order valence-electron chi connectivity index (χ4n) is 4.65. The van der Waals surface area contributed by atoms with Crippen molar-refractivity contribution in [3.8, 4) is 0 Å². The van der Waals surface area contributed by atoms with E-state index in [2.05, 4.69) is 45.7 Å². The molecule has 144 valence electrons. The summed E-state index contributed by atoms with van der Waals surface area (Å²) in [5.41, 5.74) is 0.763. The highest BCUT2D eigenvalue weighted by molar-refractivity contribution is 7.99. The lowest BCUT2D eigenvalue weighted by molar-refractivity contribution is -0.0121. The maximum absolute atomic E-state index is 5.58. The molecule has 0 radical (unpaired) electrons. The van der Waals surface area contributed by atoms with Crippen LogP contribution in [0.2, 0.25) is 0 Å². The number of hydrogen-bond donors (Lipinski definition) is 1. The zero-order chi connectivity index (χ0) is 17.8. The van der Waals surface area contributed by atoms with Gasteiger partial charge < -0.3 is 15.0 Å². The van der Waals surface area contributed by atoms with Crippen molar-refractivity contribution in [2.45, 2.75) is 45.1 Å². The number of thioether (sulfide) groups is 1. The summed E-state index contributed by atoms with van der Waals surface area (Å²) >= 11 is 2.10. The van der Waals surface area contributed by atoms with E-state index in [0.717, 1.165) is 51.9 Å². The summed E-state index contributed by atoms with van der Waals surface area (Å²) in [5, 5.41) is 3.76. The topological polar surface area (TPSA) is 40.1 Å². The van der Waals surface area contributed by atoms with Gasteiger partial charge in [0.05, 0.1) is 13.2 Å². The first-order valence-corrected chi connectivity index (χ1v) is 11.2. The van der Waals surface area contributed by atoms with Crippen LogP contribution in [-0.4, -0.2) is 85.8 Å². The molecule has 3 aliphatic heterocycles. The van der Waals surface area contributed by atoms with Crippen molar-refractivity contribution < 1.29 is 4.74 Å². The van der Waals surface area contributed by atoms with Crippen molar-refractivity contribution in [3.05, 3.63) is 0 Å². The van der Waals surface area contributed by atoms with Crippen LogP contribution in [0.3, 0.4) is 0 Å². The standard InChI is InChI=1S/C19H36N4OS/c1-4-18(5-2)6-8-22(15-18)17(20-3)21-14-19(7-13-25-16-19)23-9-11-24-12-10-23/h4-16H2,1-3H3,(H,20,21). The summed E-state index contributed by atoms with van der Waals surface area (Å²) in [6.07, 6.45) is 5.11. The minimum atomic E-state index is 0.275. The minimum absolute atomic E-state index is 0.275. The number of ether oxygens (including phenoxy) is 1. The Hall–Kier alpha value is -0.460. The Morgan fingerprint density at radius 2 is 1.92 bits per heavy atom. The minimum Gasteiger partial charge on any atom is -0.379 e. The van der Waals surface area contributed by atoms with Gasteiger partial charge in [0.2, 0.25) is 0 Å². The molecule has 6 heteroatoms. The normalized spacial score (nSPS) is 30.8. The lowest BCUT2D eigenvalue weighted by atomic mass is 9.82. The van der Waals surface area contributed by atoms with Gasteiger partial charge in [0.25, 0.3) is 0 Å². The highest BCUT2D eigenvalue weighted by atomic mass is 32.2. The summed E-state index contributed by atoms with van der Waals surface area (Å²) in [4.78, 5) is 9.78. The molecule has 0 spiro atoms. The van der Waals surface area contributed by atoms with Gasteiger partial charge in [-0.3, -0.25) is 9.89 Å². The molecule has 0 bridgehead atoms. The summed E-state index contributed by atoms with van der Waals surface area (Å²) in [6.45, 7) is 11.9. The van der Waals surface area contributed by atoms with Gasteiger partial charge in [0.1, 0.15) is 0 Å². The van der Waals surface area contributed by atoms with Crippen LogP contribution in [0.4, 0.5) is 0 Å². The summed E-state index contributed by atoms with van der Waals surface area (Å²) in [5.74, 6) is 3.61. The molecule has 3 fully saturated rings. The van der Waals surface area contributed by atoms with Gasteiger partial charge in [0.15, 0.2) is 5.96 Å². The van der Waals surface area contributed by atoms with E-state index in [1.807, 2.05) is 7.05 Å². The molecule has 0 aromatic carbocycles. The van der Waals surface area contributed by atoms with E-state index < -0.39 is 0 Å². The van der Waals surface area contributed by atoms with Crippen LogP contribution in [0.1, 0.15) is 39.5 Å². The Morgan fingerprint density at radius 3 is 2.48 bits per heavy atom. The largest absolute Gasteiger partial charge is 0.379 e. The van der Waals surface area contributed by atoms with E-state index in [0.29, 0.717) is 5.41 Å². The molecule has 1 atom stereocenters. The maximum Gasteiger partial charge on any atom is 0.193 e. The Labute approximate surface area is 157 Å². The first kappa shape index (κ1) is 19.3. The highest BCUT2D eigenvalue weighted by Gasteiger charge is 2.42. The van der Waals surface area contributed by atoms with Gasteiger partial charge in [-0.2, -0.15) is 11.8 Å². The van der Waals surface area contributed by atoms with Gasteiger partial charge in [-0.25, -0.2) is 0 Å². The number of likely N-dealkylation sites (tertiary alicyclic amines) is 1. The van der Waals surface area contributed by atoms with Crippen LogP contribution in [0, 0.1) is 5.41 Å². The zero-order valence-corrected chi connectivity index (χ0v) is 17.2. The average Bonchev–Trinajstić information content (AvgIpc) is 3.32. The Balaban J connectivity index is 1.62. The highest BCUT2D eigenvalue weighted by Crippen LogP contribution is 2.37. The first-order valence-electron chi connectivity index (χ1n) is 10.0. The molecule has 3 aliphatic rings. The molecular weight excluding hydrogens is 332 g/mol. The van der Waals surface area contributed by atoms with Gasteiger partial charge >= 0.3 is 0 Å². The van der Waals surface area contributed by atoms with Crippen molar-refractivity contribution in [1.29, 1.82) is 0 Å². The van der Waals surface area contributed by atoms with E-state index in [4.69, 9.17) is 4.74 Å². The van der Waals surface area contributed by atoms with Gasteiger partial charge in [-0.05, 0) is 36.9 Å². The number of aliphatic imine (C=N–C) groups is 1. The number of rotatable bonds is 5. The van der Waals surface area contributed by atoms with E-state index >= 15 is 0 Å². The second-order valence-electron chi connectivity index (χ2n) is 7.91. The molecule has 3 rings (SSSR count). The number of guanidine groups is 1. The van der Waals surface area contributed by atoms with Gasteiger partial charge in [0, 0.05) is 51.1 Å². The second kappa shape index (κ2) is 8.49. The molecule has 25 heavy (non-hydrogen) atoms. The van der Waals surface area contributed by atoms with Crippen LogP contribution in [0.15, 0.2) is 4.99 Å². The third kappa shape index (κ3) is 4.11. The smallest absolute Gasteiger partial charge is 0.193 e. The molecule has 0 aromatic rings.